The Morgan fingerprint density at radius 1 is 1.19 bits per heavy atom. The Bertz CT molecular complexity index is 595. The first-order chi connectivity index (χ1) is 10.3. The Balaban J connectivity index is 1.83. The molecule has 0 spiro atoms. The summed E-state index contributed by atoms with van der Waals surface area (Å²) in [4.78, 5) is 4.36. The van der Waals surface area contributed by atoms with Gasteiger partial charge in [-0.1, -0.05) is 36.4 Å². The van der Waals surface area contributed by atoms with E-state index in [4.69, 9.17) is 10.5 Å². The number of aliphatic imine (C=N–C) groups is 1. The molecule has 21 heavy (non-hydrogen) atoms. The maximum atomic E-state index is 5.85. The zero-order valence-electron chi connectivity index (χ0n) is 12.5. The van der Waals surface area contributed by atoms with E-state index >= 15 is 0 Å². The highest BCUT2D eigenvalue weighted by atomic mass is 16.5. The summed E-state index contributed by atoms with van der Waals surface area (Å²) in [5.41, 5.74) is 7.01. The number of fused-ring (bicyclic) bond motifs is 1. The van der Waals surface area contributed by atoms with Gasteiger partial charge in [0, 0.05) is 19.8 Å². The summed E-state index contributed by atoms with van der Waals surface area (Å²) in [6.45, 7) is 4.88. The van der Waals surface area contributed by atoms with Crippen molar-refractivity contribution in [1.29, 1.82) is 0 Å². The van der Waals surface area contributed by atoms with Gasteiger partial charge in [0.2, 0.25) is 0 Å². The van der Waals surface area contributed by atoms with Gasteiger partial charge in [0.15, 0.2) is 5.96 Å². The van der Waals surface area contributed by atoms with E-state index in [1.165, 1.54) is 10.8 Å². The molecule has 0 heterocycles. The minimum atomic E-state index is 0.486. The Morgan fingerprint density at radius 2 is 2.00 bits per heavy atom. The summed E-state index contributed by atoms with van der Waals surface area (Å²) in [7, 11) is 0. The highest BCUT2D eigenvalue weighted by Crippen LogP contribution is 2.15. The molecule has 0 unspecified atom stereocenters. The largest absolute Gasteiger partial charge is 0.382 e. The van der Waals surface area contributed by atoms with Crippen LogP contribution in [0.3, 0.4) is 0 Å². The number of nitrogens with two attached hydrogens (primary N) is 1. The number of nitrogens with zero attached hydrogens (tertiary/aromatic N) is 1. The summed E-state index contributed by atoms with van der Waals surface area (Å²) >= 11 is 0. The quantitative estimate of drug-likeness (QED) is 0.467. The Kier molecular flexibility index (Phi) is 6.03. The molecule has 2 aromatic carbocycles. The van der Waals surface area contributed by atoms with Crippen molar-refractivity contribution in [3.8, 4) is 0 Å². The van der Waals surface area contributed by atoms with Crippen molar-refractivity contribution in [2.24, 2.45) is 10.7 Å². The van der Waals surface area contributed by atoms with Crippen LogP contribution in [0.4, 0.5) is 0 Å². The predicted molar refractivity (Wildman–Crippen MR) is 88.4 cm³/mol. The molecule has 0 amide bonds. The third-order valence-electron chi connectivity index (χ3n) is 3.22. The van der Waals surface area contributed by atoms with Gasteiger partial charge in [-0.15, -0.1) is 0 Å². The number of guanidine groups is 1. The summed E-state index contributed by atoms with van der Waals surface area (Å²) in [6, 6.07) is 14.7. The molecule has 0 saturated carbocycles. The molecular weight excluding hydrogens is 262 g/mol. The molecule has 4 heteroatoms. The van der Waals surface area contributed by atoms with Crippen molar-refractivity contribution in [1.82, 2.24) is 5.32 Å². The van der Waals surface area contributed by atoms with Crippen LogP contribution in [0.1, 0.15) is 18.9 Å². The van der Waals surface area contributed by atoms with Gasteiger partial charge in [-0.2, -0.15) is 0 Å². The monoisotopic (exact) mass is 285 g/mol. The van der Waals surface area contributed by atoms with Crippen molar-refractivity contribution in [3.05, 3.63) is 48.0 Å². The predicted octanol–water partition coefficient (Wildman–Crippen LogP) is 2.67. The SMILES string of the molecule is CCOCCCNC(N)=NCc1ccc2ccccc2c1. The Hall–Kier alpha value is -2.07. The number of ether oxygens (including phenoxy) is 1. The molecule has 0 aromatic heterocycles. The molecule has 0 aliphatic heterocycles. The average Bonchev–Trinajstić information content (AvgIpc) is 2.52. The number of benzene rings is 2. The lowest BCUT2D eigenvalue weighted by Crippen LogP contribution is -2.32. The van der Waals surface area contributed by atoms with E-state index in [9.17, 15) is 0 Å². The van der Waals surface area contributed by atoms with Gasteiger partial charge in [-0.3, -0.25) is 0 Å². The first-order valence-corrected chi connectivity index (χ1v) is 7.39. The van der Waals surface area contributed by atoms with Gasteiger partial charge in [-0.25, -0.2) is 4.99 Å². The molecule has 0 atom stereocenters. The summed E-state index contributed by atoms with van der Waals surface area (Å²) in [5.74, 6) is 0.486. The standard InChI is InChI=1S/C17H23N3O/c1-2-21-11-5-10-19-17(18)20-13-14-8-9-15-6-3-4-7-16(15)12-14/h3-4,6-9,12H,2,5,10-11,13H2,1H3,(H3,18,19,20). The molecule has 4 nitrogen and oxygen atoms in total. The highest BCUT2D eigenvalue weighted by molar-refractivity contribution is 5.83. The number of rotatable bonds is 7. The molecule has 2 rings (SSSR count). The first-order valence-electron chi connectivity index (χ1n) is 7.39. The van der Waals surface area contributed by atoms with E-state index in [1.54, 1.807) is 0 Å². The normalized spacial score (nSPS) is 11.8. The fourth-order valence-corrected chi connectivity index (χ4v) is 2.10. The van der Waals surface area contributed by atoms with E-state index < -0.39 is 0 Å². The van der Waals surface area contributed by atoms with Crippen molar-refractivity contribution >= 4 is 16.7 Å². The molecule has 3 N–H and O–H groups in total. The molecular formula is C17H23N3O. The summed E-state index contributed by atoms with van der Waals surface area (Å²) in [6.07, 6.45) is 0.931. The van der Waals surface area contributed by atoms with Crippen LogP contribution < -0.4 is 11.1 Å². The lowest BCUT2D eigenvalue weighted by Gasteiger charge is -2.06. The van der Waals surface area contributed by atoms with Gasteiger partial charge < -0.3 is 15.8 Å². The molecule has 0 radical (unpaired) electrons. The molecule has 0 aliphatic rings. The van der Waals surface area contributed by atoms with E-state index in [2.05, 4.69) is 40.6 Å². The third-order valence-corrected chi connectivity index (χ3v) is 3.22. The van der Waals surface area contributed by atoms with Crippen molar-refractivity contribution in [2.75, 3.05) is 19.8 Å². The molecule has 0 saturated heterocycles. The third kappa shape index (κ3) is 5.08. The van der Waals surface area contributed by atoms with Crippen molar-refractivity contribution in [2.45, 2.75) is 19.9 Å². The van der Waals surface area contributed by atoms with Gasteiger partial charge in [0.25, 0.3) is 0 Å². The molecule has 112 valence electrons. The molecule has 0 bridgehead atoms. The Labute approximate surface area is 126 Å². The number of nitrogens with one attached hydrogen (secondary N) is 1. The number of hydrogen-bond donors (Lipinski definition) is 2. The maximum absolute atomic E-state index is 5.85. The van der Waals surface area contributed by atoms with Crippen LogP contribution in [0.25, 0.3) is 10.8 Å². The van der Waals surface area contributed by atoms with Crippen LogP contribution in [0.15, 0.2) is 47.5 Å². The summed E-state index contributed by atoms with van der Waals surface area (Å²) < 4.78 is 5.26. The second-order valence-electron chi connectivity index (χ2n) is 4.86. The van der Waals surface area contributed by atoms with Gasteiger partial charge >= 0.3 is 0 Å². The van der Waals surface area contributed by atoms with Gasteiger partial charge in [0.1, 0.15) is 0 Å². The fraction of sp³-hybridized carbons (Fsp3) is 0.353. The van der Waals surface area contributed by atoms with Crippen LogP contribution in [-0.2, 0) is 11.3 Å². The molecule has 2 aromatic rings. The maximum Gasteiger partial charge on any atom is 0.188 e. The fourth-order valence-electron chi connectivity index (χ4n) is 2.10. The van der Waals surface area contributed by atoms with Gasteiger partial charge in [-0.05, 0) is 35.7 Å². The Morgan fingerprint density at radius 3 is 2.81 bits per heavy atom. The molecule has 0 fully saturated rings. The van der Waals surface area contributed by atoms with Gasteiger partial charge in [0.05, 0.1) is 6.54 Å². The van der Waals surface area contributed by atoms with Crippen LogP contribution in [0, 0.1) is 0 Å². The first kappa shape index (κ1) is 15.3. The van der Waals surface area contributed by atoms with Crippen LogP contribution in [-0.4, -0.2) is 25.7 Å². The number of hydrogen-bond acceptors (Lipinski definition) is 2. The summed E-state index contributed by atoms with van der Waals surface area (Å²) in [5, 5.41) is 5.57. The topological polar surface area (TPSA) is 59.6 Å². The minimum absolute atomic E-state index is 0.486. The van der Waals surface area contributed by atoms with E-state index in [0.29, 0.717) is 12.5 Å². The zero-order chi connectivity index (χ0) is 14.9. The average molecular weight is 285 g/mol. The van der Waals surface area contributed by atoms with Crippen LogP contribution in [0.2, 0.25) is 0 Å². The van der Waals surface area contributed by atoms with Crippen molar-refractivity contribution in [3.63, 3.8) is 0 Å². The lowest BCUT2D eigenvalue weighted by atomic mass is 10.1. The van der Waals surface area contributed by atoms with E-state index in [1.807, 2.05) is 19.1 Å². The van der Waals surface area contributed by atoms with Crippen molar-refractivity contribution < 1.29 is 4.74 Å². The lowest BCUT2D eigenvalue weighted by molar-refractivity contribution is 0.145. The van der Waals surface area contributed by atoms with Crippen LogP contribution >= 0.6 is 0 Å². The molecule has 0 aliphatic carbocycles. The second-order valence-corrected chi connectivity index (χ2v) is 4.86. The van der Waals surface area contributed by atoms with E-state index in [0.717, 1.165) is 31.7 Å². The smallest absolute Gasteiger partial charge is 0.188 e. The minimum Gasteiger partial charge on any atom is -0.382 e. The van der Waals surface area contributed by atoms with E-state index in [-0.39, 0.29) is 0 Å². The second kappa shape index (κ2) is 8.27. The highest BCUT2D eigenvalue weighted by Gasteiger charge is 1.96. The van der Waals surface area contributed by atoms with Crippen LogP contribution in [0.5, 0.6) is 0 Å². The zero-order valence-corrected chi connectivity index (χ0v) is 12.5.